The molecule has 1 N–H and O–H groups in total. The molecule has 0 spiro atoms. The first-order valence-corrected chi connectivity index (χ1v) is 10.9. The van der Waals surface area contributed by atoms with Gasteiger partial charge in [-0.25, -0.2) is 9.48 Å². The second kappa shape index (κ2) is 9.44. The predicted octanol–water partition coefficient (Wildman–Crippen LogP) is 4.91. The van der Waals surface area contributed by atoms with E-state index in [1.807, 2.05) is 25.1 Å². The number of aromatic nitrogens is 2. The van der Waals surface area contributed by atoms with Gasteiger partial charge < -0.3 is 14.8 Å². The monoisotopic (exact) mass is 453 g/mol. The number of benzene rings is 2. The van der Waals surface area contributed by atoms with Crippen molar-refractivity contribution in [1.82, 2.24) is 9.78 Å². The Morgan fingerprint density at radius 1 is 1.22 bits per heavy atom. The zero-order valence-corrected chi connectivity index (χ0v) is 18.7. The van der Waals surface area contributed by atoms with E-state index in [0.717, 1.165) is 29.8 Å². The molecule has 1 aromatic heterocycles. The van der Waals surface area contributed by atoms with E-state index in [0.29, 0.717) is 28.6 Å². The Kier molecular flexibility index (Phi) is 6.46. The highest BCUT2D eigenvalue weighted by molar-refractivity contribution is 6.31. The Labute approximate surface area is 191 Å². The van der Waals surface area contributed by atoms with Crippen LogP contribution >= 0.6 is 11.6 Å². The minimum absolute atomic E-state index is 0.192. The summed E-state index contributed by atoms with van der Waals surface area (Å²) in [5.74, 6) is 0.0550. The van der Waals surface area contributed by atoms with Gasteiger partial charge in [0.15, 0.2) is 6.61 Å². The van der Waals surface area contributed by atoms with Gasteiger partial charge in [-0.15, -0.1) is 0 Å². The van der Waals surface area contributed by atoms with Crippen LogP contribution in [0.15, 0.2) is 48.7 Å². The minimum atomic E-state index is -0.445. The molecular formula is C24H24ClN3O4. The van der Waals surface area contributed by atoms with Gasteiger partial charge in [0.25, 0.3) is 5.91 Å². The first-order valence-electron chi connectivity index (χ1n) is 10.5. The third-order valence-corrected chi connectivity index (χ3v) is 5.58. The Morgan fingerprint density at radius 2 is 2.03 bits per heavy atom. The van der Waals surface area contributed by atoms with Crippen LogP contribution in [0.3, 0.4) is 0 Å². The third-order valence-electron chi connectivity index (χ3n) is 5.17. The number of carbonyl (C=O) groups excluding carboxylic acids is 2. The van der Waals surface area contributed by atoms with Crippen LogP contribution in [0.5, 0.6) is 5.75 Å². The van der Waals surface area contributed by atoms with Crippen molar-refractivity contribution >= 4 is 29.2 Å². The highest BCUT2D eigenvalue weighted by Crippen LogP contribution is 2.42. The second-order valence-corrected chi connectivity index (χ2v) is 8.05. The summed E-state index contributed by atoms with van der Waals surface area (Å²) in [7, 11) is 0. The molecular weight excluding hydrogens is 430 g/mol. The maximum atomic E-state index is 13.1. The number of esters is 1. The molecule has 0 aliphatic heterocycles. The molecule has 1 aliphatic rings. The summed E-state index contributed by atoms with van der Waals surface area (Å²) in [6, 6.07) is 12.6. The van der Waals surface area contributed by atoms with Crippen LogP contribution in [0.4, 0.5) is 5.69 Å². The van der Waals surface area contributed by atoms with Gasteiger partial charge in [0.1, 0.15) is 5.75 Å². The molecule has 0 saturated heterocycles. The van der Waals surface area contributed by atoms with E-state index in [2.05, 4.69) is 10.4 Å². The van der Waals surface area contributed by atoms with Crippen molar-refractivity contribution in [2.75, 3.05) is 18.5 Å². The van der Waals surface area contributed by atoms with E-state index in [-0.39, 0.29) is 18.4 Å². The second-order valence-electron chi connectivity index (χ2n) is 7.64. The standard InChI is InChI=1S/C24H24ClN3O4/c1-3-31-22(29)14-32-19-6-4-5-17(11-19)27-24(30)20-13-26-28(23(20)16-8-9-16)18-10-7-15(2)21(25)12-18/h4-7,10-13,16H,3,8-9,14H2,1-2H3,(H,27,30). The van der Waals surface area contributed by atoms with Crippen molar-refractivity contribution in [3.05, 3.63) is 70.5 Å². The van der Waals surface area contributed by atoms with Crippen molar-refractivity contribution in [2.45, 2.75) is 32.6 Å². The molecule has 3 aromatic rings. The topological polar surface area (TPSA) is 82.4 Å². The zero-order chi connectivity index (χ0) is 22.7. The molecule has 1 aliphatic carbocycles. The Balaban J connectivity index is 1.53. The fourth-order valence-electron chi connectivity index (χ4n) is 3.41. The van der Waals surface area contributed by atoms with Crippen molar-refractivity contribution in [3.8, 4) is 11.4 Å². The molecule has 1 fully saturated rings. The molecule has 1 saturated carbocycles. The molecule has 0 atom stereocenters. The lowest BCUT2D eigenvalue weighted by molar-refractivity contribution is -0.145. The van der Waals surface area contributed by atoms with Crippen LogP contribution in [0.2, 0.25) is 5.02 Å². The van der Waals surface area contributed by atoms with Crippen molar-refractivity contribution in [2.24, 2.45) is 0 Å². The molecule has 2 aromatic carbocycles. The SMILES string of the molecule is CCOC(=O)COc1cccc(NC(=O)c2cnn(-c3ccc(C)c(Cl)c3)c2C2CC2)c1. The van der Waals surface area contributed by atoms with E-state index in [4.69, 9.17) is 21.1 Å². The smallest absolute Gasteiger partial charge is 0.344 e. The van der Waals surface area contributed by atoms with E-state index >= 15 is 0 Å². The number of aryl methyl sites for hydroxylation is 1. The zero-order valence-electron chi connectivity index (χ0n) is 17.9. The maximum absolute atomic E-state index is 13.1. The predicted molar refractivity (Wildman–Crippen MR) is 122 cm³/mol. The number of nitrogens with zero attached hydrogens (tertiary/aromatic N) is 2. The molecule has 32 heavy (non-hydrogen) atoms. The average Bonchev–Trinajstić information content (AvgIpc) is 3.52. The Morgan fingerprint density at radius 3 is 2.75 bits per heavy atom. The Hall–Kier alpha value is -3.32. The van der Waals surface area contributed by atoms with Gasteiger partial charge in [-0.3, -0.25) is 4.79 Å². The largest absolute Gasteiger partial charge is 0.482 e. The third kappa shape index (κ3) is 4.94. The van der Waals surface area contributed by atoms with Crippen molar-refractivity contribution in [1.29, 1.82) is 0 Å². The minimum Gasteiger partial charge on any atom is -0.482 e. The number of halogens is 1. The normalized spacial score (nSPS) is 13.0. The van der Waals surface area contributed by atoms with Gasteiger partial charge >= 0.3 is 5.97 Å². The molecule has 0 unspecified atom stereocenters. The van der Waals surface area contributed by atoms with E-state index < -0.39 is 5.97 Å². The summed E-state index contributed by atoms with van der Waals surface area (Å²) in [6.45, 7) is 3.78. The molecule has 1 heterocycles. The number of hydrogen-bond acceptors (Lipinski definition) is 5. The van der Waals surface area contributed by atoms with E-state index in [1.165, 1.54) is 0 Å². The van der Waals surface area contributed by atoms with Crippen LogP contribution in [-0.4, -0.2) is 34.9 Å². The molecule has 0 bridgehead atoms. The molecule has 7 nitrogen and oxygen atoms in total. The lowest BCUT2D eigenvalue weighted by Gasteiger charge is -2.11. The number of carbonyl (C=O) groups is 2. The van der Waals surface area contributed by atoms with Gasteiger partial charge in [-0.2, -0.15) is 5.10 Å². The van der Waals surface area contributed by atoms with E-state index in [1.54, 1.807) is 42.1 Å². The van der Waals surface area contributed by atoms with Gasteiger partial charge in [-0.1, -0.05) is 23.7 Å². The van der Waals surface area contributed by atoms with Crippen molar-refractivity contribution < 1.29 is 19.1 Å². The fraction of sp³-hybridized carbons (Fsp3) is 0.292. The molecule has 1 amide bonds. The lowest BCUT2D eigenvalue weighted by atomic mass is 10.1. The van der Waals surface area contributed by atoms with Gasteiger partial charge in [0.05, 0.1) is 29.7 Å². The van der Waals surface area contributed by atoms with Crippen LogP contribution < -0.4 is 10.1 Å². The summed E-state index contributed by atoms with van der Waals surface area (Å²) in [5.41, 5.74) is 3.79. The van der Waals surface area contributed by atoms with Crippen LogP contribution in [0.1, 0.15) is 47.3 Å². The summed E-state index contributed by atoms with van der Waals surface area (Å²) in [6.07, 6.45) is 3.63. The summed E-state index contributed by atoms with van der Waals surface area (Å²) >= 11 is 6.30. The van der Waals surface area contributed by atoms with Crippen LogP contribution in [-0.2, 0) is 9.53 Å². The first-order chi connectivity index (χ1) is 15.5. The van der Waals surface area contributed by atoms with Crippen LogP contribution in [0, 0.1) is 6.92 Å². The molecule has 166 valence electrons. The number of hydrogen-bond donors (Lipinski definition) is 1. The quantitative estimate of drug-likeness (QED) is 0.490. The van der Waals surface area contributed by atoms with Crippen LogP contribution in [0.25, 0.3) is 5.69 Å². The highest BCUT2D eigenvalue weighted by Gasteiger charge is 2.33. The number of rotatable bonds is 8. The summed E-state index contributed by atoms with van der Waals surface area (Å²) in [4.78, 5) is 24.6. The van der Waals surface area contributed by atoms with Crippen molar-refractivity contribution in [3.63, 3.8) is 0 Å². The number of anilines is 1. The lowest BCUT2D eigenvalue weighted by Crippen LogP contribution is -2.15. The van der Waals surface area contributed by atoms with Gasteiger partial charge in [-0.05, 0) is 56.5 Å². The average molecular weight is 454 g/mol. The molecule has 8 heteroatoms. The summed E-state index contributed by atoms with van der Waals surface area (Å²) < 4.78 is 12.1. The van der Waals surface area contributed by atoms with E-state index in [9.17, 15) is 9.59 Å². The number of ether oxygens (including phenoxy) is 2. The molecule has 0 radical (unpaired) electrons. The fourth-order valence-corrected chi connectivity index (χ4v) is 3.58. The highest BCUT2D eigenvalue weighted by atomic mass is 35.5. The maximum Gasteiger partial charge on any atom is 0.344 e. The van der Waals surface area contributed by atoms with Gasteiger partial charge in [0.2, 0.25) is 0 Å². The molecule has 4 rings (SSSR count). The summed E-state index contributed by atoms with van der Waals surface area (Å²) in [5, 5.41) is 8.05. The van der Waals surface area contributed by atoms with Gasteiger partial charge in [0, 0.05) is 22.7 Å². The number of amides is 1. The first kappa shape index (κ1) is 21.9. The number of nitrogens with one attached hydrogen (secondary N) is 1. The Bertz CT molecular complexity index is 1150.